The number of hydrogen-bond donors (Lipinski definition) is 3. The summed E-state index contributed by atoms with van der Waals surface area (Å²) in [5, 5.41) is 16.8. The maximum Gasteiger partial charge on any atom is 0.250 e. The minimum Gasteiger partial charge on any atom is -0.392 e. The number of amides is 3. The second kappa shape index (κ2) is 7.14. The molecule has 166 valence electrons. The van der Waals surface area contributed by atoms with Gasteiger partial charge in [-0.1, -0.05) is 43.4 Å². The standard InChI is InChI=1S/C24H31N3O4/c1-12-10-13(2)19-16(11-12)24(23(31)25-19)18-17(20(26-24)14(3)28)21(29)27(22(18)30)15-8-6-4-5-7-9-15/h10-11,14-15,17-18,20,26,28H,4-9H2,1-3H3,(H,25,31)/t14-,17+,18+,20-,24+/m1/s1. The number of aliphatic hydroxyl groups is 1. The smallest absolute Gasteiger partial charge is 0.250 e. The van der Waals surface area contributed by atoms with E-state index >= 15 is 0 Å². The van der Waals surface area contributed by atoms with E-state index in [1.54, 1.807) is 6.92 Å². The van der Waals surface area contributed by atoms with Crippen molar-refractivity contribution in [3.8, 4) is 0 Å². The average Bonchev–Trinajstić information content (AvgIpc) is 3.18. The predicted octanol–water partition coefficient (Wildman–Crippen LogP) is 2.13. The predicted molar refractivity (Wildman–Crippen MR) is 115 cm³/mol. The highest BCUT2D eigenvalue weighted by atomic mass is 16.3. The van der Waals surface area contributed by atoms with E-state index in [0.717, 1.165) is 55.2 Å². The Labute approximate surface area is 182 Å². The van der Waals surface area contributed by atoms with E-state index in [-0.39, 0.29) is 23.8 Å². The molecule has 5 atom stereocenters. The summed E-state index contributed by atoms with van der Waals surface area (Å²) in [5.41, 5.74) is 2.02. The first-order valence-electron chi connectivity index (χ1n) is 11.5. The Balaban J connectivity index is 1.65. The fourth-order valence-electron chi connectivity index (χ4n) is 6.50. The second-order valence-electron chi connectivity index (χ2n) is 9.87. The molecule has 0 aromatic heterocycles. The van der Waals surface area contributed by atoms with E-state index < -0.39 is 29.5 Å². The summed E-state index contributed by atoms with van der Waals surface area (Å²) in [4.78, 5) is 42.5. The zero-order valence-electron chi connectivity index (χ0n) is 18.4. The lowest BCUT2D eigenvalue weighted by molar-refractivity contribution is -0.146. The van der Waals surface area contributed by atoms with Gasteiger partial charge in [0.1, 0.15) is 5.54 Å². The third-order valence-corrected chi connectivity index (χ3v) is 7.84. The zero-order chi connectivity index (χ0) is 22.1. The molecular formula is C24H31N3O4. The first-order valence-corrected chi connectivity index (χ1v) is 11.5. The number of imide groups is 1. The topological polar surface area (TPSA) is 98.7 Å². The van der Waals surface area contributed by atoms with Crippen molar-refractivity contribution in [1.29, 1.82) is 0 Å². The molecule has 1 aliphatic carbocycles. The Morgan fingerprint density at radius 2 is 1.74 bits per heavy atom. The zero-order valence-corrected chi connectivity index (χ0v) is 18.4. The van der Waals surface area contributed by atoms with Gasteiger partial charge in [-0.05, 0) is 39.2 Å². The first kappa shape index (κ1) is 20.6. The first-order chi connectivity index (χ1) is 14.8. The van der Waals surface area contributed by atoms with Gasteiger partial charge in [-0.2, -0.15) is 0 Å². The van der Waals surface area contributed by atoms with Gasteiger partial charge in [-0.3, -0.25) is 24.6 Å². The van der Waals surface area contributed by atoms with Crippen LogP contribution in [-0.2, 0) is 19.9 Å². The van der Waals surface area contributed by atoms with Crippen molar-refractivity contribution in [3.63, 3.8) is 0 Å². The van der Waals surface area contributed by atoms with Crippen LogP contribution in [0.15, 0.2) is 12.1 Å². The van der Waals surface area contributed by atoms with E-state index in [9.17, 15) is 19.5 Å². The summed E-state index contributed by atoms with van der Waals surface area (Å²) < 4.78 is 0. The van der Waals surface area contributed by atoms with Crippen LogP contribution in [0, 0.1) is 25.7 Å². The molecule has 5 rings (SSSR count). The number of aliphatic hydroxyl groups excluding tert-OH is 1. The maximum absolute atomic E-state index is 13.9. The maximum atomic E-state index is 13.9. The Morgan fingerprint density at radius 1 is 1.06 bits per heavy atom. The van der Waals surface area contributed by atoms with Crippen molar-refractivity contribution < 1.29 is 19.5 Å². The monoisotopic (exact) mass is 425 g/mol. The lowest BCUT2D eigenvalue weighted by atomic mass is 9.75. The van der Waals surface area contributed by atoms with Crippen molar-refractivity contribution in [3.05, 3.63) is 28.8 Å². The Hall–Kier alpha value is -2.25. The van der Waals surface area contributed by atoms with Gasteiger partial charge < -0.3 is 10.4 Å². The number of fused-ring (bicyclic) bond motifs is 4. The molecule has 0 bridgehead atoms. The van der Waals surface area contributed by atoms with Crippen LogP contribution in [0.3, 0.4) is 0 Å². The fourth-order valence-corrected chi connectivity index (χ4v) is 6.50. The van der Waals surface area contributed by atoms with Crippen molar-refractivity contribution in [1.82, 2.24) is 10.2 Å². The third kappa shape index (κ3) is 2.75. The number of carbonyl (C=O) groups is 3. The molecule has 1 spiro atoms. The molecule has 2 saturated heterocycles. The van der Waals surface area contributed by atoms with Crippen LogP contribution in [0.25, 0.3) is 0 Å². The molecule has 1 saturated carbocycles. The van der Waals surface area contributed by atoms with E-state index in [1.807, 2.05) is 26.0 Å². The average molecular weight is 426 g/mol. The van der Waals surface area contributed by atoms with Gasteiger partial charge in [0.25, 0.3) is 0 Å². The van der Waals surface area contributed by atoms with Crippen LogP contribution in [-0.4, -0.2) is 45.9 Å². The number of nitrogens with zero attached hydrogens (tertiary/aromatic N) is 1. The minimum absolute atomic E-state index is 0.108. The molecule has 0 radical (unpaired) electrons. The molecule has 3 N–H and O–H groups in total. The summed E-state index contributed by atoms with van der Waals surface area (Å²) in [6.07, 6.45) is 5.01. The van der Waals surface area contributed by atoms with Crippen LogP contribution in [0.4, 0.5) is 5.69 Å². The number of anilines is 1. The number of hydrogen-bond acceptors (Lipinski definition) is 5. The van der Waals surface area contributed by atoms with Gasteiger partial charge in [0.05, 0.1) is 17.9 Å². The second-order valence-corrected chi connectivity index (χ2v) is 9.87. The molecule has 0 unspecified atom stereocenters. The molecular weight excluding hydrogens is 394 g/mol. The van der Waals surface area contributed by atoms with Crippen molar-refractivity contribution >= 4 is 23.4 Å². The lowest BCUT2D eigenvalue weighted by Gasteiger charge is -2.32. The van der Waals surface area contributed by atoms with Crippen molar-refractivity contribution in [2.75, 3.05) is 5.32 Å². The van der Waals surface area contributed by atoms with Crippen molar-refractivity contribution in [2.24, 2.45) is 11.8 Å². The van der Waals surface area contributed by atoms with Gasteiger partial charge >= 0.3 is 0 Å². The molecule has 7 nitrogen and oxygen atoms in total. The van der Waals surface area contributed by atoms with Gasteiger partial charge in [0.15, 0.2) is 0 Å². The van der Waals surface area contributed by atoms with Crippen LogP contribution in [0.2, 0.25) is 0 Å². The highest BCUT2D eigenvalue weighted by Crippen LogP contribution is 2.54. The molecule has 7 heteroatoms. The molecule has 3 aliphatic heterocycles. The summed E-state index contributed by atoms with van der Waals surface area (Å²) in [6.45, 7) is 5.51. The number of benzene rings is 1. The number of carbonyl (C=O) groups excluding carboxylic acids is 3. The van der Waals surface area contributed by atoms with Crippen LogP contribution >= 0.6 is 0 Å². The van der Waals surface area contributed by atoms with E-state index in [2.05, 4.69) is 10.6 Å². The highest BCUT2D eigenvalue weighted by Gasteiger charge is 2.71. The summed E-state index contributed by atoms with van der Waals surface area (Å²) in [6, 6.07) is 3.16. The van der Waals surface area contributed by atoms with Crippen LogP contribution < -0.4 is 10.6 Å². The van der Waals surface area contributed by atoms with Crippen LogP contribution in [0.5, 0.6) is 0 Å². The minimum atomic E-state index is -1.33. The van der Waals surface area contributed by atoms with Crippen LogP contribution in [0.1, 0.15) is 62.1 Å². The van der Waals surface area contributed by atoms with Gasteiger partial charge in [0, 0.05) is 23.3 Å². The van der Waals surface area contributed by atoms with Gasteiger partial charge in [-0.25, -0.2) is 0 Å². The molecule has 31 heavy (non-hydrogen) atoms. The van der Waals surface area contributed by atoms with E-state index in [1.165, 1.54) is 4.90 Å². The largest absolute Gasteiger partial charge is 0.392 e. The summed E-state index contributed by atoms with van der Waals surface area (Å²) in [7, 11) is 0. The lowest BCUT2D eigenvalue weighted by Crippen LogP contribution is -2.55. The van der Waals surface area contributed by atoms with E-state index in [0.29, 0.717) is 5.69 Å². The quantitative estimate of drug-likeness (QED) is 0.498. The number of nitrogens with one attached hydrogen (secondary N) is 2. The summed E-state index contributed by atoms with van der Waals surface area (Å²) in [5.74, 6) is -2.39. The number of likely N-dealkylation sites (tertiary alicyclic amines) is 1. The van der Waals surface area contributed by atoms with E-state index in [4.69, 9.17) is 0 Å². The molecule has 1 aromatic carbocycles. The van der Waals surface area contributed by atoms with Gasteiger partial charge in [-0.15, -0.1) is 0 Å². The fraction of sp³-hybridized carbons (Fsp3) is 0.625. The Kier molecular flexibility index (Phi) is 4.75. The number of rotatable bonds is 2. The SMILES string of the molecule is Cc1cc(C)c2c(c1)[C@@]1(N[C@H]([C@@H](C)O)[C@H]3C(=O)N(C4CCCCCC4)C(=O)[C@H]31)C(=O)N2. The van der Waals surface area contributed by atoms with Crippen molar-refractivity contribution in [2.45, 2.75) is 83.0 Å². The Morgan fingerprint density at radius 3 is 2.39 bits per heavy atom. The normalized spacial score (nSPS) is 34.1. The highest BCUT2D eigenvalue weighted by molar-refractivity contribution is 6.15. The van der Waals surface area contributed by atoms with Gasteiger partial charge in [0.2, 0.25) is 17.7 Å². The molecule has 3 amide bonds. The molecule has 3 fully saturated rings. The molecule has 3 heterocycles. The number of aryl methyl sites for hydroxylation is 2. The molecule has 1 aromatic rings. The third-order valence-electron chi connectivity index (χ3n) is 7.84. The molecule has 4 aliphatic rings. The Bertz CT molecular complexity index is 966. The summed E-state index contributed by atoms with van der Waals surface area (Å²) >= 11 is 0.